The van der Waals surface area contributed by atoms with Crippen LogP contribution >= 0.6 is 0 Å². The molecule has 0 spiro atoms. The summed E-state index contributed by atoms with van der Waals surface area (Å²) in [7, 11) is 0. The molecular weight excluding hydrogens is 464 g/mol. The second-order valence-electron chi connectivity index (χ2n) is 10.6. The lowest BCUT2D eigenvalue weighted by atomic mass is 9.83. The summed E-state index contributed by atoms with van der Waals surface area (Å²) in [5.41, 5.74) is 3.85. The maximum absolute atomic E-state index is 12.6. The molecule has 0 bridgehead atoms. The number of ether oxygens (including phenoxy) is 1. The summed E-state index contributed by atoms with van der Waals surface area (Å²) in [6.07, 6.45) is 8.72. The number of carboxylic acid groups (broad SMARTS) is 1. The van der Waals surface area contributed by atoms with Gasteiger partial charge < -0.3 is 14.3 Å². The average molecular weight is 503 g/mol. The number of aryl methyl sites for hydroxylation is 1. The third-order valence-electron chi connectivity index (χ3n) is 8.09. The minimum absolute atomic E-state index is 0.260. The summed E-state index contributed by atoms with van der Waals surface area (Å²) in [5, 5.41) is 10.3. The molecule has 2 heterocycles. The minimum atomic E-state index is -0.765. The van der Waals surface area contributed by atoms with Gasteiger partial charge in [-0.1, -0.05) is 50.5 Å². The smallest absolute Gasteiger partial charge is 0.325 e. The number of nitrogens with zero attached hydrogens (tertiary/aromatic N) is 2. The maximum atomic E-state index is 12.6. The van der Waals surface area contributed by atoms with E-state index in [-0.39, 0.29) is 6.04 Å². The number of carbonyl (C=O) groups is 1. The molecule has 6 nitrogen and oxygen atoms in total. The third kappa shape index (κ3) is 5.74. The standard InChI is InChI=1S/C31H38N2O4/c1-3-25-18-24-14-15-26(19-27(24)29(31(34)35)33(25)20-22-10-6-4-7-11-22)36-17-16-28-21(2)37-30(32-28)23-12-8-5-9-13-23/h5,8-9,12-15,19,22,25,29H,3-4,6-7,10-11,16-18,20H2,1-2H3,(H,34,35)/t25-,29?/m0/s1. The fourth-order valence-electron chi connectivity index (χ4n) is 6.07. The number of aromatic nitrogens is 1. The lowest BCUT2D eigenvalue weighted by Crippen LogP contribution is -2.48. The van der Waals surface area contributed by atoms with Crippen molar-refractivity contribution in [3.8, 4) is 17.2 Å². The van der Waals surface area contributed by atoms with Crippen LogP contribution in [0.2, 0.25) is 0 Å². The van der Waals surface area contributed by atoms with E-state index in [9.17, 15) is 9.90 Å². The largest absolute Gasteiger partial charge is 0.493 e. The van der Waals surface area contributed by atoms with Crippen LogP contribution in [0.3, 0.4) is 0 Å². The number of rotatable bonds is 9. The van der Waals surface area contributed by atoms with Gasteiger partial charge in [0, 0.05) is 24.6 Å². The zero-order valence-electron chi connectivity index (χ0n) is 22.0. The van der Waals surface area contributed by atoms with Crippen molar-refractivity contribution in [3.05, 3.63) is 71.1 Å². The van der Waals surface area contributed by atoms with Crippen LogP contribution in [0.5, 0.6) is 5.75 Å². The van der Waals surface area contributed by atoms with Crippen LogP contribution in [0.4, 0.5) is 0 Å². The molecule has 1 saturated carbocycles. The first-order valence-corrected chi connectivity index (χ1v) is 13.8. The van der Waals surface area contributed by atoms with Gasteiger partial charge in [0.25, 0.3) is 0 Å². The van der Waals surface area contributed by atoms with Crippen molar-refractivity contribution in [1.82, 2.24) is 9.88 Å². The van der Waals surface area contributed by atoms with Gasteiger partial charge in [0.1, 0.15) is 17.6 Å². The van der Waals surface area contributed by atoms with Gasteiger partial charge in [0.15, 0.2) is 0 Å². The molecule has 3 aromatic rings. The Kier molecular flexibility index (Phi) is 7.94. The molecule has 196 valence electrons. The summed E-state index contributed by atoms with van der Waals surface area (Å²) in [6.45, 7) is 5.42. The molecule has 0 saturated heterocycles. The van der Waals surface area contributed by atoms with Crippen LogP contribution in [0.15, 0.2) is 52.9 Å². The average Bonchev–Trinajstić information content (AvgIpc) is 3.29. The second kappa shape index (κ2) is 11.5. The van der Waals surface area contributed by atoms with E-state index in [1.807, 2.05) is 49.4 Å². The molecule has 37 heavy (non-hydrogen) atoms. The third-order valence-corrected chi connectivity index (χ3v) is 8.09. The SMILES string of the molecule is CC[C@H]1Cc2ccc(OCCc3nc(-c4ccccc4)oc3C)cc2C(C(=O)O)N1CC1CCCCC1. The number of hydrogen-bond acceptors (Lipinski definition) is 5. The normalized spacial score (nSPS) is 20.5. The fourth-order valence-corrected chi connectivity index (χ4v) is 6.07. The molecule has 1 fully saturated rings. The van der Waals surface area contributed by atoms with Crippen molar-refractivity contribution in [3.63, 3.8) is 0 Å². The van der Waals surface area contributed by atoms with E-state index in [1.165, 1.54) is 32.1 Å². The zero-order valence-corrected chi connectivity index (χ0v) is 22.0. The highest BCUT2D eigenvalue weighted by Crippen LogP contribution is 2.38. The fraction of sp³-hybridized carbons (Fsp3) is 0.484. The van der Waals surface area contributed by atoms with Crippen molar-refractivity contribution in [2.24, 2.45) is 5.92 Å². The first kappa shape index (κ1) is 25.5. The van der Waals surface area contributed by atoms with Gasteiger partial charge in [0.05, 0.1) is 12.3 Å². The Labute approximate surface area is 219 Å². The molecule has 2 atom stereocenters. The molecule has 1 unspecified atom stereocenters. The van der Waals surface area contributed by atoms with Crippen molar-refractivity contribution in [2.75, 3.05) is 13.2 Å². The van der Waals surface area contributed by atoms with E-state index in [0.29, 0.717) is 30.6 Å². The van der Waals surface area contributed by atoms with E-state index in [0.717, 1.165) is 47.5 Å². The van der Waals surface area contributed by atoms with Crippen LogP contribution in [0.1, 0.15) is 74.1 Å². The zero-order chi connectivity index (χ0) is 25.8. The lowest BCUT2D eigenvalue weighted by Gasteiger charge is -2.43. The van der Waals surface area contributed by atoms with Crippen molar-refractivity contribution in [2.45, 2.75) is 77.3 Å². The van der Waals surface area contributed by atoms with Gasteiger partial charge in [-0.3, -0.25) is 9.69 Å². The number of aliphatic carboxylic acids is 1. The summed E-state index contributed by atoms with van der Waals surface area (Å²) in [5.74, 6) is 1.95. The maximum Gasteiger partial charge on any atom is 0.325 e. The molecular formula is C31H38N2O4. The highest BCUT2D eigenvalue weighted by Gasteiger charge is 2.39. The molecule has 1 aliphatic heterocycles. The molecule has 2 aromatic carbocycles. The van der Waals surface area contributed by atoms with Crippen LogP contribution in [-0.2, 0) is 17.6 Å². The van der Waals surface area contributed by atoms with Crippen LogP contribution < -0.4 is 4.74 Å². The second-order valence-corrected chi connectivity index (χ2v) is 10.6. The predicted molar refractivity (Wildman–Crippen MR) is 144 cm³/mol. The molecule has 1 N–H and O–H groups in total. The Hall–Kier alpha value is -3.12. The summed E-state index contributed by atoms with van der Waals surface area (Å²) in [6, 6.07) is 15.5. The number of oxazole rings is 1. The Morgan fingerprint density at radius 3 is 2.65 bits per heavy atom. The topological polar surface area (TPSA) is 75.8 Å². The van der Waals surface area contributed by atoms with Crippen LogP contribution in [0, 0.1) is 12.8 Å². The van der Waals surface area contributed by atoms with Gasteiger partial charge >= 0.3 is 5.97 Å². The van der Waals surface area contributed by atoms with Crippen molar-refractivity contribution < 1.29 is 19.1 Å². The van der Waals surface area contributed by atoms with Crippen molar-refractivity contribution >= 4 is 5.97 Å². The Morgan fingerprint density at radius 2 is 1.92 bits per heavy atom. The van der Waals surface area contributed by atoms with Gasteiger partial charge in [-0.05, 0) is 73.9 Å². The van der Waals surface area contributed by atoms with E-state index in [2.05, 4.69) is 22.9 Å². The molecule has 0 amide bonds. The lowest BCUT2D eigenvalue weighted by molar-refractivity contribution is -0.145. The van der Waals surface area contributed by atoms with E-state index >= 15 is 0 Å². The molecule has 6 heteroatoms. The molecule has 0 radical (unpaired) electrons. The Bertz CT molecular complexity index is 1200. The van der Waals surface area contributed by atoms with Gasteiger partial charge in [-0.15, -0.1) is 0 Å². The Morgan fingerprint density at radius 1 is 1.14 bits per heavy atom. The summed E-state index contributed by atoms with van der Waals surface area (Å²) >= 11 is 0. The van der Waals surface area contributed by atoms with Crippen molar-refractivity contribution in [1.29, 1.82) is 0 Å². The molecule has 5 rings (SSSR count). The molecule has 1 aliphatic carbocycles. The number of fused-ring (bicyclic) bond motifs is 1. The van der Waals surface area contributed by atoms with Gasteiger partial charge in [-0.2, -0.15) is 0 Å². The van der Waals surface area contributed by atoms with E-state index in [1.54, 1.807) is 0 Å². The highest BCUT2D eigenvalue weighted by molar-refractivity contribution is 5.77. The molecule has 2 aliphatic rings. The van der Waals surface area contributed by atoms with Gasteiger partial charge in [-0.25, -0.2) is 4.98 Å². The predicted octanol–water partition coefficient (Wildman–Crippen LogP) is 6.61. The Balaban J connectivity index is 1.29. The van der Waals surface area contributed by atoms with Gasteiger partial charge in [0.2, 0.25) is 5.89 Å². The van der Waals surface area contributed by atoms with Crippen LogP contribution in [-0.4, -0.2) is 40.2 Å². The first-order valence-electron chi connectivity index (χ1n) is 13.8. The first-order chi connectivity index (χ1) is 18.0. The van der Waals surface area contributed by atoms with Crippen LogP contribution in [0.25, 0.3) is 11.5 Å². The number of benzene rings is 2. The van der Waals surface area contributed by atoms with E-state index in [4.69, 9.17) is 9.15 Å². The molecule has 1 aromatic heterocycles. The number of hydrogen-bond donors (Lipinski definition) is 1. The summed E-state index contributed by atoms with van der Waals surface area (Å²) < 4.78 is 12.0. The quantitative estimate of drug-likeness (QED) is 0.355. The highest BCUT2D eigenvalue weighted by atomic mass is 16.5. The van der Waals surface area contributed by atoms with E-state index < -0.39 is 12.0 Å². The monoisotopic (exact) mass is 502 g/mol. The summed E-state index contributed by atoms with van der Waals surface area (Å²) in [4.78, 5) is 19.5. The minimum Gasteiger partial charge on any atom is -0.493 e. The number of carboxylic acids is 1.